The van der Waals surface area contributed by atoms with Crippen LogP contribution in [0.2, 0.25) is 0 Å². The van der Waals surface area contributed by atoms with Crippen LogP contribution >= 0.6 is 0 Å². The molecule has 0 radical (unpaired) electrons. The molecule has 17 heavy (non-hydrogen) atoms. The monoisotopic (exact) mass is 240 g/mol. The molecule has 1 saturated heterocycles. The third-order valence-corrected chi connectivity index (χ3v) is 3.65. The van der Waals surface area contributed by atoms with Gasteiger partial charge in [-0.15, -0.1) is 0 Å². The maximum Gasteiger partial charge on any atom is 0.326 e. The molecule has 1 aliphatic heterocycles. The maximum absolute atomic E-state index is 12.0. The molecule has 0 aromatic rings. The minimum atomic E-state index is -0.900. The number of piperidine rings is 1. The summed E-state index contributed by atoms with van der Waals surface area (Å²) in [7, 11) is 0. The quantitative estimate of drug-likeness (QED) is 0.662. The minimum Gasteiger partial charge on any atom is -0.480 e. The Bertz CT molecular complexity index is 315. The van der Waals surface area contributed by atoms with Crippen molar-refractivity contribution in [1.29, 1.82) is 0 Å². The summed E-state index contributed by atoms with van der Waals surface area (Å²) >= 11 is 0. The highest BCUT2D eigenvalue weighted by atomic mass is 16.4. The Hall–Kier alpha value is -1.10. The van der Waals surface area contributed by atoms with Crippen LogP contribution in [0.3, 0.4) is 0 Å². The number of hydrogen-bond donors (Lipinski definition) is 3. The van der Waals surface area contributed by atoms with E-state index < -0.39 is 12.0 Å². The predicted octanol–water partition coefficient (Wildman–Crippen LogP) is 0.354. The number of carboxylic acid groups (broad SMARTS) is 1. The average molecular weight is 240 g/mol. The summed E-state index contributed by atoms with van der Waals surface area (Å²) in [4.78, 5) is 23.0. The van der Waals surface area contributed by atoms with E-state index in [9.17, 15) is 9.59 Å². The lowest BCUT2D eigenvalue weighted by atomic mass is 9.92. The number of nitrogens with one attached hydrogen (secondary N) is 2. The largest absolute Gasteiger partial charge is 0.480 e. The van der Waals surface area contributed by atoms with Gasteiger partial charge < -0.3 is 15.7 Å². The van der Waals surface area contributed by atoms with Crippen LogP contribution in [0.15, 0.2) is 0 Å². The fourth-order valence-electron chi connectivity index (χ4n) is 2.45. The van der Waals surface area contributed by atoms with Crippen molar-refractivity contribution in [2.24, 2.45) is 11.8 Å². The standard InChI is InChI=1S/C12H20N2O3/c1-7-6-9(4-5-13-7)11(15)14-10(12(16)17)8-2-3-8/h7-10,13H,2-6H2,1H3,(H,14,15)(H,16,17). The van der Waals surface area contributed by atoms with Gasteiger partial charge in [-0.25, -0.2) is 4.79 Å². The maximum atomic E-state index is 12.0. The van der Waals surface area contributed by atoms with E-state index >= 15 is 0 Å². The zero-order chi connectivity index (χ0) is 12.4. The molecule has 2 rings (SSSR count). The molecule has 2 fully saturated rings. The van der Waals surface area contributed by atoms with E-state index in [0.29, 0.717) is 6.04 Å². The van der Waals surface area contributed by atoms with Crippen LogP contribution in [0, 0.1) is 11.8 Å². The zero-order valence-electron chi connectivity index (χ0n) is 10.1. The van der Waals surface area contributed by atoms with Gasteiger partial charge in [0.15, 0.2) is 0 Å². The van der Waals surface area contributed by atoms with E-state index in [2.05, 4.69) is 17.6 Å². The molecule has 2 aliphatic rings. The van der Waals surface area contributed by atoms with E-state index in [-0.39, 0.29) is 17.7 Å². The summed E-state index contributed by atoms with van der Waals surface area (Å²) in [5, 5.41) is 15.0. The van der Waals surface area contributed by atoms with Crippen LogP contribution in [0.25, 0.3) is 0 Å². The van der Waals surface area contributed by atoms with Crippen molar-refractivity contribution in [3.63, 3.8) is 0 Å². The number of amides is 1. The highest BCUT2D eigenvalue weighted by molar-refractivity contribution is 5.85. The third kappa shape index (κ3) is 3.19. The van der Waals surface area contributed by atoms with Gasteiger partial charge in [0, 0.05) is 12.0 Å². The summed E-state index contributed by atoms with van der Waals surface area (Å²) in [5.74, 6) is -0.872. The predicted molar refractivity (Wildman–Crippen MR) is 62.5 cm³/mol. The summed E-state index contributed by atoms with van der Waals surface area (Å²) in [5.41, 5.74) is 0. The molecule has 3 atom stereocenters. The van der Waals surface area contributed by atoms with Gasteiger partial charge in [-0.05, 0) is 45.1 Å². The van der Waals surface area contributed by atoms with E-state index in [0.717, 1.165) is 32.2 Å². The Labute approximate surface area is 101 Å². The van der Waals surface area contributed by atoms with Crippen molar-refractivity contribution in [2.75, 3.05) is 6.54 Å². The van der Waals surface area contributed by atoms with Crippen LogP contribution in [0.5, 0.6) is 0 Å². The first kappa shape index (κ1) is 12.4. The van der Waals surface area contributed by atoms with E-state index in [1.807, 2.05) is 0 Å². The molecule has 0 bridgehead atoms. The number of rotatable bonds is 4. The first-order valence-electron chi connectivity index (χ1n) is 6.34. The molecule has 3 unspecified atom stereocenters. The highest BCUT2D eigenvalue weighted by Gasteiger charge is 2.38. The summed E-state index contributed by atoms with van der Waals surface area (Å²) in [6, 6.07) is -0.337. The van der Waals surface area contributed by atoms with Gasteiger partial charge in [0.05, 0.1) is 0 Å². The summed E-state index contributed by atoms with van der Waals surface area (Å²) < 4.78 is 0. The number of aliphatic carboxylic acids is 1. The lowest BCUT2D eigenvalue weighted by molar-refractivity contribution is -0.143. The highest BCUT2D eigenvalue weighted by Crippen LogP contribution is 2.33. The van der Waals surface area contributed by atoms with Gasteiger partial charge in [-0.3, -0.25) is 4.79 Å². The Kier molecular flexibility index (Phi) is 3.66. The topological polar surface area (TPSA) is 78.4 Å². The van der Waals surface area contributed by atoms with Gasteiger partial charge >= 0.3 is 5.97 Å². The second kappa shape index (κ2) is 5.04. The van der Waals surface area contributed by atoms with Crippen molar-refractivity contribution in [1.82, 2.24) is 10.6 Å². The van der Waals surface area contributed by atoms with E-state index in [4.69, 9.17) is 5.11 Å². The van der Waals surface area contributed by atoms with E-state index in [1.165, 1.54) is 0 Å². The van der Waals surface area contributed by atoms with Gasteiger partial charge in [0.1, 0.15) is 6.04 Å². The molecular weight excluding hydrogens is 220 g/mol. The Morgan fingerprint density at radius 3 is 2.59 bits per heavy atom. The van der Waals surface area contributed by atoms with Gasteiger partial charge in [0.25, 0.3) is 0 Å². The number of carboxylic acids is 1. The molecule has 96 valence electrons. The zero-order valence-corrected chi connectivity index (χ0v) is 10.1. The lowest BCUT2D eigenvalue weighted by Gasteiger charge is -2.28. The molecule has 1 aliphatic carbocycles. The average Bonchev–Trinajstić information content (AvgIpc) is 3.09. The lowest BCUT2D eigenvalue weighted by Crippen LogP contribution is -2.48. The molecule has 5 nitrogen and oxygen atoms in total. The van der Waals surface area contributed by atoms with Crippen molar-refractivity contribution in [3.8, 4) is 0 Å². The van der Waals surface area contributed by atoms with Crippen LogP contribution in [0.1, 0.15) is 32.6 Å². The smallest absolute Gasteiger partial charge is 0.326 e. The van der Waals surface area contributed by atoms with Gasteiger partial charge in [-0.1, -0.05) is 0 Å². The van der Waals surface area contributed by atoms with Gasteiger partial charge in [-0.2, -0.15) is 0 Å². The van der Waals surface area contributed by atoms with Crippen LogP contribution in [-0.2, 0) is 9.59 Å². The molecule has 0 spiro atoms. The Balaban J connectivity index is 1.88. The van der Waals surface area contributed by atoms with Crippen LogP contribution in [0.4, 0.5) is 0 Å². The van der Waals surface area contributed by atoms with Crippen LogP contribution in [-0.4, -0.2) is 35.6 Å². The first-order valence-corrected chi connectivity index (χ1v) is 6.34. The Morgan fingerprint density at radius 1 is 1.35 bits per heavy atom. The van der Waals surface area contributed by atoms with Crippen LogP contribution < -0.4 is 10.6 Å². The molecule has 1 saturated carbocycles. The first-order chi connectivity index (χ1) is 8.08. The third-order valence-electron chi connectivity index (χ3n) is 3.65. The summed E-state index contributed by atoms with van der Waals surface area (Å²) in [6.07, 6.45) is 3.43. The minimum absolute atomic E-state index is 0.0353. The van der Waals surface area contributed by atoms with Gasteiger partial charge in [0.2, 0.25) is 5.91 Å². The molecule has 3 N–H and O–H groups in total. The molecule has 5 heteroatoms. The molecule has 1 heterocycles. The number of carbonyl (C=O) groups excluding carboxylic acids is 1. The van der Waals surface area contributed by atoms with Crippen molar-refractivity contribution in [2.45, 2.75) is 44.7 Å². The molecule has 0 aromatic carbocycles. The second-order valence-electron chi connectivity index (χ2n) is 5.24. The Morgan fingerprint density at radius 2 is 2.06 bits per heavy atom. The van der Waals surface area contributed by atoms with Crippen molar-refractivity contribution >= 4 is 11.9 Å². The number of carbonyl (C=O) groups is 2. The normalized spacial score (nSPS) is 30.6. The fourth-order valence-corrected chi connectivity index (χ4v) is 2.45. The number of hydrogen-bond acceptors (Lipinski definition) is 3. The van der Waals surface area contributed by atoms with Crippen molar-refractivity contribution < 1.29 is 14.7 Å². The molecular formula is C12H20N2O3. The SMILES string of the molecule is CC1CC(C(=O)NC(C(=O)O)C2CC2)CCN1. The van der Waals surface area contributed by atoms with E-state index in [1.54, 1.807) is 0 Å². The molecule has 1 amide bonds. The fraction of sp³-hybridized carbons (Fsp3) is 0.833. The molecule has 0 aromatic heterocycles. The van der Waals surface area contributed by atoms with Crippen molar-refractivity contribution in [3.05, 3.63) is 0 Å². The summed E-state index contributed by atoms with van der Waals surface area (Å²) in [6.45, 7) is 2.88. The second-order valence-corrected chi connectivity index (χ2v) is 5.24.